The number of nitrogens with zero attached hydrogens (tertiary/aromatic N) is 4. The molecule has 5 rings (SSSR count). The molecule has 0 aliphatic carbocycles. The zero-order valence-electron chi connectivity index (χ0n) is 19.4. The van der Waals surface area contributed by atoms with E-state index in [4.69, 9.17) is 14.1 Å². The molecule has 2 aliphatic heterocycles. The monoisotopic (exact) mass is 452 g/mol. The van der Waals surface area contributed by atoms with Crippen LogP contribution in [-0.2, 0) is 15.1 Å². The standard InChI is InChI=1S/C25H32N4O4/c1-28(11-12-31-2)15-18-7-9-29(10-8-18)23-14-20(13-22-24(23)27-33-26-22)19-3-5-21(6-4-19)25(30)16-32-17-25/h3-6,13-14,18,30H,7-12,15-17H2,1-2H3. The van der Waals surface area contributed by atoms with Gasteiger partial charge in [-0.2, -0.15) is 0 Å². The van der Waals surface area contributed by atoms with Gasteiger partial charge in [-0.1, -0.05) is 24.3 Å². The van der Waals surface area contributed by atoms with E-state index in [1.807, 2.05) is 30.3 Å². The lowest BCUT2D eigenvalue weighted by atomic mass is 9.90. The molecule has 33 heavy (non-hydrogen) atoms. The van der Waals surface area contributed by atoms with E-state index in [9.17, 15) is 5.11 Å². The second-order valence-electron chi connectivity index (χ2n) is 9.41. The topological polar surface area (TPSA) is 84.1 Å². The highest BCUT2D eigenvalue weighted by molar-refractivity contribution is 5.92. The summed E-state index contributed by atoms with van der Waals surface area (Å²) in [6.07, 6.45) is 2.29. The number of hydrogen-bond donors (Lipinski definition) is 1. The molecular formula is C25H32N4O4. The van der Waals surface area contributed by atoms with E-state index in [0.717, 1.165) is 79.0 Å². The summed E-state index contributed by atoms with van der Waals surface area (Å²) >= 11 is 0. The smallest absolute Gasteiger partial charge is 0.158 e. The van der Waals surface area contributed by atoms with Gasteiger partial charge in [-0.05, 0) is 64.9 Å². The predicted molar refractivity (Wildman–Crippen MR) is 126 cm³/mol. The second kappa shape index (κ2) is 9.38. The molecule has 0 radical (unpaired) electrons. The van der Waals surface area contributed by atoms with Crippen LogP contribution in [0, 0.1) is 5.92 Å². The van der Waals surface area contributed by atoms with E-state index in [2.05, 4.69) is 33.2 Å². The number of rotatable bonds is 8. The largest absolute Gasteiger partial charge is 0.383 e. The number of benzene rings is 2. The lowest BCUT2D eigenvalue weighted by Gasteiger charge is -2.36. The number of piperidine rings is 1. The highest BCUT2D eigenvalue weighted by Crippen LogP contribution is 2.35. The van der Waals surface area contributed by atoms with Crippen molar-refractivity contribution >= 4 is 16.7 Å². The minimum absolute atomic E-state index is 0.352. The molecule has 3 aromatic rings. The van der Waals surface area contributed by atoms with Crippen molar-refractivity contribution in [1.29, 1.82) is 0 Å². The lowest BCUT2D eigenvalue weighted by molar-refractivity contribution is -0.184. The van der Waals surface area contributed by atoms with Gasteiger partial charge in [0.05, 0.1) is 25.5 Å². The fraction of sp³-hybridized carbons (Fsp3) is 0.520. The van der Waals surface area contributed by atoms with Gasteiger partial charge in [-0.25, -0.2) is 4.63 Å². The SMILES string of the molecule is COCCN(C)CC1CCN(c2cc(-c3ccc(C4(O)COC4)cc3)cc3nonc23)CC1. The summed E-state index contributed by atoms with van der Waals surface area (Å²) in [5.41, 5.74) is 4.82. The number of methoxy groups -OCH3 is 1. The summed E-state index contributed by atoms with van der Waals surface area (Å²) in [6.45, 7) is 5.51. The van der Waals surface area contributed by atoms with Gasteiger partial charge in [0.25, 0.3) is 0 Å². The third-order valence-electron chi connectivity index (χ3n) is 6.98. The summed E-state index contributed by atoms with van der Waals surface area (Å²) in [6, 6.07) is 12.3. The van der Waals surface area contributed by atoms with Gasteiger partial charge in [-0.15, -0.1) is 0 Å². The maximum Gasteiger partial charge on any atom is 0.158 e. The van der Waals surface area contributed by atoms with Gasteiger partial charge in [-0.3, -0.25) is 0 Å². The highest BCUT2D eigenvalue weighted by Gasteiger charge is 2.37. The fourth-order valence-corrected chi connectivity index (χ4v) is 4.85. The van der Waals surface area contributed by atoms with Crippen LogP contribution in [0.4, 0.5) is 5.69 Å². The molecule has 2 fully saturated rings. The van der Waals surface area contributed by atoms with Crippen LogP contribution in [0.5, 0.6) is 0 Å². The first-order chi connectivity index (χ1) is 16.1. The summed E-state index contributed by atoms with van der Waals surface area (Å²) in [5, 5.41) is 18.9. The van der Waals surface area contributed by atoms with Crippen LogP contribution in [0.25, 0.3) is 22.2 Å². The Kier molecular flexibility index (Phi) is 6.34. The van der Waals surface area contributed by atoms with Crippen LogP contribution in [0.3, 0.4) is 0 Å². The van der Waals surface area contributed by atoms with Crippen molar-refractivity contribution in [3.05, 3.63) is 42.0 Å². The minimum Gasteiger partial charge on any atom is -0.383 e. The number of hydrogen-bond acceptors (Lipinski definition) is 8. The Morgan fingerprint density at radius 1 is 1.12 bits per heavy atom. The second-order valence-corrected chi connectivity index (χ2v) is 9.41. The first kappa shape index (κ1) is 22.3. The van der Waals surface area contributed by atoms with Crippen molar-refractivity contribution in [3.8, 4) is 11.1 Å². The van der Waals surface area contributed by atoms with Gasteiger partial charge in [0.2, 0.25) is 0 Å². The molecule has 0 amide bonds. The highest BCUT2D eigenvalue weighted by atomic mass is 16.6. The minimum atomic E-state index is -0.856. The molecule has 3 heterocycles. The summed E-state index contributed by atoms with van der Waals surface area (Å²) in [5.74, 6) is 0.686. The molecule has 176 valence electrons. The zero-order valence-corrected chi connectivity index (χ0v) is 19.4. The van der Waals surface area contributed by atoms with Gasteiger partial charge in [0.1, 0.15) is 11.1 Å². The number of ether oxygens (including phenoxy) is 2. The lowest BCUT2D eigenvalue weighted by Crippen LogP contribution is -2.46. The zero-order chi connectivity index (χ0) is 22.8. The summed E-state index contributed by atoms with van der Waals surface area (Å²) < 4.78 is 15.5. The summed E-state index contributed by atoms with van der Waals surface area (Å²) in [7, 11) is 3.92. The quantitative estimate of drug-likeness (QED) is 0.559. The van der Waals surface area contributed by atoms with Crippen molar-refractivity contribution in [2.24, 2.45) is 5.92 Å². The van der Waals surface area contributed by atoms with Crippen LogP contribution >= 0.6 is 0 Å². The van der Waals surface area contributed by atoms with Crippen LogP contribution in [0.1, 0.15) is 18.4 Å². The fourth-order valence-electron chi connectivity index (χ4n) is 4.85. The average Bonchev–Trinajstić information content (AvgIpc) is 3.30. The Bertz CT molecular complexity index is 1070. The van der Waals surface area contributed by atoms with Gasteiger partial charge < -0.3 is 24.4 Å². The van der Waals surface area contributed by atoms with E-state index in [1.165, 1.54) is 0 Å². The Balaban J connectivity index is 1.33. The maximum absolute atomic E-state index is 10.5. The van der Waals surface area contributed by atoms with E-state index < -0.39 is 5.60 Å². The first-order valence-corrected chi connectivity index (χ1v) is 11.7. The van der Waals surface area contributed by atoms with Crippen molar-refractivity contribution < 1.29 is 19.2 Å². The molecule has 2 aromatic carbocycles. The number of likely N-dealkylation sites (N-methyl/N-ethyl adjacent to an activating group) is 1. The van der Waals surface area contributed by atoms with Crippen molar-refractivity contribution in [2.75, 3.05) is 65.1 Å². The Hall–Kier alpha value is -2.52. The maximum atomic E-state index is 10.5. The van der Waals surface area contributed by atoms with Crippen LogP contribution in [0.2, 0.25) is 0 Å². The molecule has 1 N–H and O–H groups in total. The predicted octanol–water partition coefficient (Wildman–Crippen LogP) is 2.90. The third kappa shape index (κ3) is 4.61. The van der Waals surface area contributed by atoms with E-state index in [1.54, 1.807) is 7.11 Å². The van der Waals surface area contributed by atoms with Crippen molar-refractivity contribution in [1.82, 2.24) is 15.2 Å². The molecule has 0 atom stereocenters. The Morgan fingerprint density at radius 3 is 2.55 bits per heavy atom. The molecule has 0 unspecified atom stereocenters. The van der Waals surface area contributed by atoms with Crippen molar-refractivity contribution in [2.45, 2.75) is 18.4 Å². The van der Waals surface area contributed by atoms with Crippen molar-refractivity contribution in [3.63, 3.8) is 0 Å². The molecular weight excluding hydrogens is 420 g/mol. The summed E-state index contributed by atoms with van der Waals surface area (Å²) in [4.78, 5) is 4.77. The van der Waals surface area contributed by atoms with E-state index in [-0.39, 0.29) is 0 Å². The third-order valence-corrected chi connectivity index (χ3v) is 6.98. The molecule has 0 saturated carbocycles. The number of aliphatic hydroxyl groups is 1. The Labute approximate surface area is 194 Å². The molecule has 8 nitrogen and oxygen atoms in total. The number of anilines is 1. The molecule has 2 aliphatic rings. The van der Waals surface area contributed by atoms with Gasteiger partial charge in [0, 0.05) is 33.3 Å². The Morgan fingerprint density at radius 2 is 1.88 bits per heavy atom. The van der Waals surface area contributed by atoms with E-state index >= 15 is 0 Å². The average molecular weight is 453 g/mol. The molecule has 0 bridgehead atoms. The van der Waals surface area contributed by atoms with E-state index in [0.29, 0.717) is 19.1 Å². The van der Waals surface area contributed by atoms with Crippen LogP contribution < -0.4 is 4.90 Å². The first-order valence-electron chi connectivity index (χ1n) is 11.7. The molecule has 8 heteroatoms. The normalized spacial score (nSPS) is 18.7. The van der Waals surface area contributed by atoms with Gasteiger partial charge in [0.15, 0.2) is 5.52 Å². The number of aromatic nitrogens is 2. The van der Waals surface area contributed by atoms with Crippen LogP contribution in [0.15, 0.2) is 41.0 Å². The molecule has 2 saturated heterocycles. The van der Waals surface area contributed by atoms with Crippen LogP contribution in [-0.4, -0.2) is 80.5 Å². The van der Waals surface area contributed by atoms with Gasteiger partial charge >= 0.3 is 0 Å². The molecule has 1 aromatic heterocycles. The number of fused-ring (bicyclic) bond motifs is 1. The molecule has 0 spiro atoms.